The van der Waals surface area contributed by atoms with Gasteiger partial charge in [-0.25, -0.2) is 29.6 Å². The van der Waals surface area contributed by atoms with Crippen LogP contribution >= 0.6 is 0 Å². The van der Waals surface area contributed by atoms with Crippen molar-refractivity contribution in [1.82, 2.24) is 0 Å². The van der Waals surface area contributed by atoms with Crippen molar-refractivity contribution in [3.05, 3.63) is 9.27 Å². The molecule has 0 aromatic rings. The maximum atomic E-state index is 14.0. The summed E-state index contributed by atoms with van der Waals surface area (Å²) in [6.07, 6.45) is -8.29. The van der Waals surface area contributed by atoms with Gasteiger partial charge in [0.2, 0.25) is 0 Å². The van der Waals surface area contributed by atoms with Crippen molar-refractivity contribution in [3.63, 3.8) is 0 Å². The van der Waals surface area contributed by atoms with Crippen LogP contribution in [0.5, 0.6) is 0 Å². The Balaban J connectivity index is 7.07. The van der Waals surface area contributed by atoms with Crippen molar-refractivity contribution < 1.29 is 122 Å². The lowest BCUT2D eigenvalue weighted by Crippen LogP contribution is -2.69. The Bertz CT molecular complexity index is 1500. The van der Waals surface area contributed by atoms with Gasteiger partial charge in [0.05, 0.1) is 0 Å². The molecule has 0 aromatic carbocycles. The third-order valence-electron chi connectivity index (χ3n) is 4.86. The number of hydrogen-bond donors (Lipinski definition) is 0. The highest BCUT2D eigenvalue weighted by molar-refractivity contribution is 8.13. The van der Waals surface area contributed by atoms with E-state index in [0.717, 1.165) is 0 Å². The first-order chi connectivity index (χ1) is 19.2. The Labute approximate surface area is 239 Å². The first-order valence-corrected chi connectivity index (χ1v) is 13.9. The first kappa shape index (κ1) is 44.3. The molecule has 33 heteroatoms. The summed E-state index contributed by atoms with van der Waals surface area (Å²) in [5, 5.41) is -18.9. The summed E-state index contributed by atoms with van der Waals surface area (Å²) in [7, 11) is -25.9. The molecule has 0 radical (unpaired) electrons. The maximum Gasteiger partial charge on any atom is 0.428 e. The van der Waals surface area contributed by atoms with Gasteiger partial charge in [0.25, 0.3) is 5.85 Å². The second kappa shape index (κ2) is 10.9. The number of ether oxygens (including phenoxy) is 1. The summed E-state index contributed by atoms with van der Waals surface area (Å²) in [6.45, 7) is -2.84. The lowest BCUT2D eigenvalue weighted by molar-refractivity contribution is -0.482. The van der Waals surface area contributed by atoms with Gasteiger partial charge in [0.1, 0.15) is 10.0 Å². The summed E-state index contributed by atoms with van der Waals surface area (Å²) in [4.78, 5) is 0. The number of nitrogens with zero attached hydrogens (tertiary/aromatic N) is 1. The number of alkyl halides is 21. The van der Waals surface area contributed by atoms with Crippen LogP contribution < -0.4 is 0 Å². The molecule has 0 spiro atoms. The van der Waals surface area contributed by atoms with Gasteiger partial charge in [-0.2, -0.15) is 87.8 Å². The molecule has 0 aliphatic rings. The maximum absolute atomic E-state index is 14.0. The van der Waals surface area contributed by atoms with Crippen LogP contribution in [-0.4, -0.2) is 88.5 Å². The van der Waals surface area contributed by atoms with Gasteiger partial charge in [-0.05, 0) is 0 Å². The van der Waals surface area contributed by atoms with E-state index < -0.39 is 107 Å². The molecule has 0 aromatic heterocycles. The zero-order valence-corrected chi connectivity index (χ0v) is 22.9. The SMILES string of the molecule is CC(F)(F)C(F)(F)C(F)(F)C(C)(F)OC(F)(F)C(F)(F)C(F)(F)C(F)(F)S(=O)(=O)[N-]S(=O)(=O)C(F)(F)C(F)(F)C(F)(F)S([NH-])(=O)=O. The molecular weight excluding hydrogens is 791 g/mol. The Morgan fingerprint density at radius 3 is 1.04 bits per heavy atom. The van der Waals surface area contributed by atoms with Crippen LogP contribution in [-0.2, 0) is 34.8 Å². The molecule has 0 amide bonds. The summed E-state index contributed by atoms with van der Waals surface area (Å²) >= 11 is 0. The normalized spacial score (nSPS) is 18.0. The molecule has 9 nitrogen and oxygen atoms in total. The molecule has 0 heterocycles. The van der Waals surface area contributed by atoms with Gasteiger partial charge >= 0.3 is 57.4 Å². The van der Waals surface area contributed by atoms with E-state index in [0.29, 0.717) is 0 Å². The van der Waals surface area contributed by atoms with E-state index >= 15 is 0 Å². The smallest absolute Gasteiger partial charge is 0.428 e. The zero-order chi connectivity index (χ0) is 38.4. The lowest BCUT2D eigenvalue weighted by Gasteiger charge is -2.42. The van der Waals surface area contributed by atoms with Crippen LogP contribution in [0, 0.1) is 0 Å². The van der Waals surface area contributed by atoms with Crippen LogP contribution in [0.2, 0.25) is 0 Å². The van der Waals surface area contributed by atoms with Crippen molar-refractivity contribution >= 4 is 30.1 Å². The highest BCUT2D eigenvalue weighted by Crippen LogP contribution is 2.60. The second-order valence-corrected chi connectivity index (χ2v) is 13.4. The quantitative estimate of drug-likeness (QED) is 0.177. The molecule has 278 valence electrons. The third-order valence-corrected chi connectivity index (χ3v) is 9.17. The first-order valence-electron chi connectivity index (χ1n) is 9.56. The molecule has 0 rings (SSSR count). The molecule has 46 heavy (non-hydrogen) atoms. The fraction of sp³-hybridized carbons (Fsp3) is 1.00. The fourth-order valence-corrected chi connectivity index (χ4v) is 5.39. The average molecular weight is 798 g/mol. The number of rotatable bonds is 15. The number of sulfonamides is 3. The van der Waals surface area contributed by atoms with Gasteiger partial charge in [0, 0.05) is 13.8 Å². The molecule has 1 atom stereocenters. The van der Waals surface area contributed by atoms with Crippen molar-refractivity contribution in [1.29, 1.82) is 0 Å². The third kappa shape index (κ3) is 6.03. The summed E-state index contributed by atoms with van der Waals surface area (Å²) in [5.74, 6) is -53.8. The Hall–Kier alpha value is -1.74. The zero-order valence-electron chi connectivity index (χ0n) is 20.5. The van der Waals surface area contributed by atoms with Gasteiger partial charge in [0.15, 0.2) is 20.0 Å². The molecule has 0 aliphatic heterocycles. The lowest BCUT2D eigenvalue weighted by atomic mass is 9.99. The number of halogens is 21. The highest BCUT2D eigenvalue weighted by Gasteiger charge is 2.87. The topological polar surface area (TPSA) is 150 Å². The van der Waals surface area contributed by atoms with Crippen LogP contribution in [0.4, 0.5) is 92.2 Å². The largest absolute Gasteiger partial charge is 0.559 e. The van der Waals surface area contributed by atoms with E-state index in [1.165, 1.54) is 0 Å². The van der Waals surface area contributed by atoms with Crippen molar-refractivity contribution in [2.45, 2.75) is 77.1 Å². The van der Waals surface area contributed by atoms with Crippen LogP contribution in [0.3, 0.4) is 0 Å². The van der Waals surface area contributed by atoms with Gasteiger partial charge in [-0.15, -0.1) is 0 Å². The van der Waals surface area contributed by atoms with Crippen molar-refractivity contribution in [2.24, 2.45) is 0 Å². The van der Waals surface area contributed by atoms with Gasteiger partial charge in [-0.1, -0.05) is 0 Å². The van der Waals surface area contributed by atoms with E-state index in [1.807, 2.05) is 0 Å². The van der Waals surface area contributed by atoms with Gasteiger partial charge < -0.3 is 9.27 Å². The Kier molecular flexibility index (Phi) is 10.5. The standard InChI is InChI=1S/C13H7F21N2O7S3/c1-3(14,15)5(17,18)6(19,20)4(2,16)43-10(27,28)7(21,22)8(23,24)12(31,32)45(39,40)36-46(41,42)13(33,34)9(25,26)11(29,30)44(35,37)38/h1-2H3,(H-,35,37,38)/q-2. The molecule has 0 fully saturated rings. The second-order valence-electron chi connectivity index (χ2n) is 8.37. The average Bonchev–Trinajstić information content (AvgIpc) is 2.74. The predicted octanol–water partition coefficient (Wildman–Crippen LogP) is 6.31. The number of hydrogen-bond acceptors (Lipinski definition) is 7. The molecule has 0 saturated carbocycles. The van der Waals surface area contributed by atoms with E-state index in [-0.39, 0.29) is 4.13 Å². The molecule has 0 saturated heterocycles. The molecular formula is C13H7F21N2O7S3-2. The summed E-state index contributed by atoms with van der Waals surface area (Å²) < 4.78 is 352. The minimum atomic E-state index is -9.19. The van der Waals surface area contributed by atoms with Gasteiger partial charge in [-0.3, -0.25) is 4.74 Å². The monoisotopic (exact) mass is 798 g/mol. The Morgan fingerprint density at radius 2 is 0.761 bits per heavy atom. The Morgan fingerprint density at radius 1 is 0.457 bits per heavy atom. The fourth-order valence-electron chi connectivity index (χ4n) is 2.18. The van der Waals surface area contributed by atoms with E-state index in [1.54, 1.807) is 4.74 Å². The minimum absolute atomic E-state index is 0.120. The van der Waals surface area contributed by atoms with Crippen LogP contribution in [0.1, 0.15) is 13.8 Å². The molecule has 1 N–H and O–H groups in total. The van der Waals surface area contributed by atoms with E-state index in [2.05, 4.69) is 0 Å². The summed E-state index contributed by atoms with van der Waals surface area (Å²) in [5.41, 5.74) is 0. The summed E-state index contributed by atoms with van der Waals surface area (Å²) in [6, 6.07) is 0. The minimum Gasteiger partial charge on any atom is -0.559 e. The highest BCUT2D eigenvalue weighted by atomic mass is 32.3. The molecule has 0 aliphatic carbocycles. The van der Waals surface area contributed by atoms with Crippen LogP contribution in [0.15, 0.2) is 0 Å². The van der Waals surface area contributed by atoms with E-state index in [4.69, 9.17) is 5.14 Å². The van der Waals surface area contributed by atoms with E-state index in [9.17, 15) is 117 Å². The molecule has 0 bridgehead atoms. The van der Waals surface area contributed by atoms with Crippen molar-refractivity contribution in [3.8, 4) is 0 Å². The molecule has 1 unspecified atom stereocenters. The van der Waals surface area contributed by atoms with Crippen LogP contribution in [0.25, 0.3) is 9.27 Å². The van der Waals surface area contributed by atoms with Crippen molar-refractivity contribution in [2.75, 3.05) is 0 Å². The predicted molar refractivity (Wildman–Crippen MR) is 100 cm³/mol. The number of nitrogens with one attached hydrogen (secondary N) is 1.